The molecule has 0 aliphatic heterocycles. The first-order valence-electron chi connectivity index (χ1n) is 9.13. The lowest BCUT2D eigenvalue weighted by molar-refractivity contribution is 0.881. The summed E-state index contributed by atoms with van der Waals surface area (Å²) in [5, 5.41) is 17.9. The Kier molecular flexibility index (Phi) is 5.65. The van der Waals surface area contributed by atoms with Crippen LogP contribution >= 0.6 is 12.4 Å². The average Bonchev–Trinajstić information content (AvgIpc) is 3.30. The minimum absolute atomic E-state index is 0. The van der Waals surface area contributed by atoms with Crippen molar-refractivity contribution < 1.29 is 0 Å². The molecule has 2 N–H and O–H groups in total. The largest absolute Gasteiger partial charge is 0.378 e. The molecule has 0 fully saturated rings. The van der Waals surface area contributed by atoms with Crippen molar-refractivity contribution in [2.24, 2.45) is 0 Å². The molecule has 0 saturated heterocycles. The molecule has 7 nitrogen and oxygen atoms in total. The normalized spacial score (nSPS) is 10.9. The fraction of sp³-hybridized carbons (Fsp3) is 0.300. The van der Waals surface area contributed by atoms with Crippen LogP contribution in [0.3, 0.4) is 0 Å². The summed E-state index contributed by atoms with van der Waals surface area (Å²) in [4.78, 5) is 4.75. The van der Waals surface area contributed by atoms with Crippen LogP contribution in [0.25, 0.3) is 17.0 Å². The summed E-state index contributed by atoms with van der Waals surface area (Å²) in [5.74, 6) is 0.635. The quantitative estimate of drug-likeness (QED) is 0.531. The Bertz CT molecular complexity index is 1100. The molecule has 0 atom stereocenters. The maximum Gasteiger partial charge on any atom is 0.180 e. The number of fused-ring (bicyclic) bond motifs is 1. The van der Waals surface area contributed by atoms with Crippen LogP contribution in [-0.2, 0) is 13.0 Å². The standard InChI is InChI=1S/C20H23N7.ClH/c1-5-15-8-6-7-12(2)17(15)10-21-18-9-16(19-23-25-26-24-19)11-27-14(4)13(3)22-20(18)27;/h6-9,11,21H,5,10H2,1-4H3,(H,23,24,25,26);1H. The molecule has 0 aliphatic carbocycles. The lowest BCUT2D eigenvalue weighted by Crippen LogP contribution is -2.06. The number of halogens is 1. The number of aromatic nitrogens is 6. The SMILES string of the molecule is CCc1cccc(C)c1CNc1cc(-c2nnn[nH]2)cn2c(C)c(C)nc12.Cl. The van der Waals surface area contributed by atoms with Gasteiger partial charge < -0.3 is 9.72 Å². The van der Waals surface area contributed by atoms with Gasteiger partial charge in [-0.1, -0.05) is 25.1 Å². The van der Waals surface area contributed by atoms with E-state index in [1.54, 1.807) is 0 Å². The highest BCUT2D eigenvalue weighted by Crippen LogP contribution is 2.27. The monoisotopic (exact) mass is 397 g/mol. The van der Waals surface area contributed by atoms with Gasteiger partial charge in [0.15, 0.2) is 11.5 Å². The molecule has 4 aromatic rings. The Morgan fingerprint density at radius 2 is 2.00 bits per heavy atom. The summed E-state index contributed by atoms with van der Waals surface area (Å²) in [5.41, 5.74) is 8.90. The van der Waals surface area contributed by atoms with E-state index in [1.165, 1.54) is 16.7 Å². The van der Waals surface area contributed by atoms with Gasteiger partial charge >= 0.3 is 0 Å². The molecule has 8 heteroatoms. The van der Waals surface area contributed by atoms with Crippen LogP contribution in [0, 0.1) is 20.8 Å². The van der Waals surface area contributed by atoms with Gasteiger partial charge in [-0.3, -0.25) is 0 Å². The zero-order valence-electron chi connectivity index (χ0n) is 16.4. The lowest BCUT2D eigenvalue weighted by atomic mass is 10.00. The molecule has 0 spiro atoms. The molecule has 3 aromatic heterocycles. The third-order valence-electron chi connectivity index (χ3n) is 5.16. The Labute approximate surface area is 170 Å². The molecule has 0 unspecified atom stereocenters. The van der Waals surface area contributed by atoms with E-state index < -0.39 is 0 Å². The predicted octanol–water partition coefficient (Wildman–Crippen LogP) is 4.04. The summed E-state index contributed by atoms with van der Waals surface area (Å²) in [6, 6.07) is 8.52. The molecule has 3 heterocycles. The van der Waals surface area contributed by atoms with Crippen molar-refractivity contribution in [3.63, 3.8) is 0 Å². The van der Waals surface area contributed by atoms with E-state index in [2.05, 4.69) is 69.3 Å². The van der Waals surface area contributed by atoms with Crippen molar-refractivity contribution in [2.75, 3.05) is 5.32 Å². The van der Waals surface area contributed by atoms with Crippen LogP contribution in [-0.4, -0.2) is 30.0 Å². The first kappa shape index (κ1) is 19.8. The van der Waals surface area contributed by atoms with E-state index in [4.69, 9.17) is 4.98 Å². The number of hydrogen-bond acceptors (Lipinski definition) is 5. The lowest BCUT2D eigenvalue weighted by Gasteiger charge is -2.14. The van der Waals surface area contributed by atoms with Gasteiger partial charge in [0.1, 0.15) is 0 Å². The second-order valence-corrected chi connectivity index (χ2v) is 6.79. The summed E-state index contributed by atoms with van der Waals surface area (Å²) in [6.45, 7) is 9.19. The van der Waals surface area contributed by atoms with Crippen molar-refractivity contribution in [2.45, 2.75) is 40.7 Å². The van der Waals surface area contributed by atoms with Crippen molar-refractivity contribution >= 4 is 23.7 Å². The number of rotatable bonds is 5. The molecule has 0 bridgehead atoms. The molecule has 4 rings (SSSR count). The first-order valence-corrected chi connectivity index (χ1v) is 9.13. The number of nitrogens with one attached hydrogen (secondary N) is 2. The van der Waals surface area contributed by atoms with Gasteiger partial charge in [0.2, 0.25) is 0 Å². The summed E-state index contributed by atoms with van der Waals surface area (Å²) >= 11 is 0. The number of imidazole rings is 1. The van der Waals surface area contributed by atoms with Crippen LogP contribution in [0.15, 0.2) is 30.5 Å². The van der Waals surface area contributed by atoms with Gasteiger partial charge in [-0.2, -0.15) is 0 Å². The molecule has 0 radical (unpaired) electrons. The third kappa shape index (κ3) is 3.45. The highest BCUT2D eigenvalue weighted by atomic mass is 35.5. The number of aryl methyl sites for hydroxylation is 4. The average molecular weight is 398 g/mol. The number of tetrazole rings is 1. The number of benzene rings is 1. The van der Waals surface area contributed by atoms with E-state index >= 15 is 0 Å². The van der Waals surface area contributed by atoms with Crippen LogP contribution in [0.2, 0.25) is 0 Å². The highest BCUT2D eigenvalue weighted by molar-refractivity contribution is 5.85. The van der Waals surface area contributed by atoms with Crippen LogP contribution in [0.1, 0.15) is 35.0 Å². The van der Waals surface area contributed by atoms with E-state index in [-0.39, 0.29) is 12.4 Å². The molecule has 0 amide bonds. The molecule has 1 aromatic carbocycles. The Balaban J connectivity index is 0.00000225. The van der Waals surface area contributed by atoms with Crippen LogP contribution < -0.4 is 5.32 Å². The highest BCUT2D eigenvalue weighted by Gasteiger charge is 2.14. The maximum absolute atomic E-state index is 4.75. The van der Waals surface area contributed by atoms with Gasteiger partial charge in [-0.15, -0.1) is 17.5 Å². The fourth-order valence-electron chi connectivity index (χ4n) is 3.44. The molecule has 146 valence electrons. The van der Waals surface area contributed by atoms with Gasteiger partial charge in [0.25, 0.3) is 0 Å². The van der Waals surface area contributed by atoms with Crippen LogP contribution in [0.4, 0.5) is 5.69 Å². The first-order chi connectivity index (χ1) is 13.1. The Morgan fingerprint density at radius 1 is 1.18 bits per heavy atom. The number of aromatic amines is 1. The van der Waals surface area contributed by atoms with Crippen molar-refractivity contribution in [1.82, 2.24) is 30.0 Å². The van der Waals surface area contributed by atoms with Crippen molar-refractivity contribution in [3.8, 4) is 11.4 Å². The third-order valence-corrected chi connectivity index (χ3v) is 5.16. The summed E-state index contributed by atoms with van der Waals surface area (Å²) in [6.07, 6.45) is 3.03. The zero-order valence-corrected chi connectivity index (χ0v) is 17.3. The van der Waals surface area contributed by atoms with E-state index in [0.717, 1.165) is 41.3 Å². The smallest absolute Gasteiger partial charge is 0.180 e. The van der Waals surface area contributed by atoms with Crippen molar-refractivity contribution in [3.05, 3.63) is 58.5 Å². The second-order valence-electron chi connectivity index (χ2n) is 6.79. The second kappa shape index (κ2) is 7.98. The number of H-pyrrole nitrogens is 1. The Hall–Kier alpha value is -2.93. The van der Waals surface area contributed by atoms with Gasteiger partial charge in [-0.25, -0.2) is 10.1 Å². The topological polar surface area (TPSA) is 83.8 Å². The zero-order chi connectivity index (χ0) is 19.0. The maximum atomic E-state index is 4.75. The minimum atomic E-state index is 0. The number of anilines is 1. The van der Waals surface area contributed by atoms with Gasteiger partial charge in [-0.05, 0) is 60.4 Å². The number of pyridine rings is 1. The molecule has 0 saturated carbocycles. The van der Waals surface area contributed by atoms with E-state index in [1.807, 2.05) is 19.2 Å². The molecule has 0 aliphatic rings. The minimum Gasteiger partial charge on any atom is -0.378 e. The molecular formula is C20H24ClN7. The van der Waals surface area contributed by atoms with Gasteiger partial charge in [0, 0.05) is 24.0 Å². The predicted molar refractivity (Wildman–Crippen MR) is 113 cm³/mol. The van der Waals surface area contributed by atoms with Crippen molar-refractivity contribution in [1.29, 1.82) is 0 Å². The molecular weight excluding hydrogens is 374 g/mol. The Morgan fingerprint density at radius 3 is 2.71 bits per heavy atom. The van der Waals surface area contributed by atoms with E-state index in [9.17, 15) is 0 Å². The van der Waals surface area contributed by atoms with E-state index in [0.29, 0.717) is 5.82 Å². The van der Waals surface area contributed by atoms with Crippen LogP contribution in [0.5, 0.6) is 0 Å². The number of nitrogens with zero attached hydrogens (tertiary/aromatic N) is 5. The summed E-state index contributed by atoms with van der Waals surface area (Å²) in [7, 11) is 0. The van der Waals surface area contributed by atoms with Gasteiger partial charge in [0.05, 0.1) is 11.4 Å². The molecule has 28 heavy (non-hydrogen) atoms. The summed E-state index contributed by atoms with van der Waals surface area (Å²) < 4.78 is 2.09. The fourth-order valence-corrected chi connectivity index (χ4v) is 3.44. The number of hydrogen-bond donors (Lipinski definition) is 2.